The monoisotopic (exact) mass is 253 g/mol. The molecule has 1 aliphatic rings. The first kappa shape index (κ1) is 13.9. The first-order valence-corrected chi connectivity index (χ1v) is 7.10. The van der Waals surface area contributed by atoms with E-state index in [0.717, 1.165) is 6.42 Å². The van der Waals surface area contributed by atoms with E-state index in [0.29, 0.717) is 12.1 Å². The van der Waals surface area contributed by atoms with Crippen LogP contribution in [-0.4, -0.2) is 6.04 Å². The second-order valence-electron chi connectivity index (χ2n) is 5.34. The summed E-state index contributed by atoms with van der Waals surface area (Å²) < 4.78 is 0. The zero-order valence-corrected chi connectivity index (χ0v) is 12.3. The van der Waals surface area contributed by atoms with Gasteiger partial charge < -0.3 is 5.32 Å². The van der Waals surface area contributed by atoms with Gasteiger partial charge in [0.15, 0.2) is 0 Å². The largest absolute Gasteiger partial charge is 0.303 e. The molecule has 1 aromatic rings. The third-order valence-electron chi connectivity index (χ3n) is 3.66. The molecule has 100 valence electrons. The van der Waals surface area contributed by atoms with Crippen LogP contribution in [0.2, 0.25) is 0 Å². The molecule has 0 saturated carbocycles. The molecule has 1 N–H and O–H groups in total. The number of hydrogen-bond donors (Lipinski definition) is 1. The van der Waals surface area contributed by atoms with Crippen molar-refractivity contribution in [3.8, 4) is 0 Å². The molecule has 1 aromatic carbocycles. The first-order valence-electron chi connectivity index (χ1n) is 7.10. The fourth-order valence-corrected chi connectivity index (χ4v) is 2.52. The van der Waals surface area contributed by atoms with Crippen LogP contribution in [0.15, 0.2) is 47.7 Å². The lowest BCUT2D eigenvalue weighted by molar-refractivity contribution is 0.526. The van der Waals surface area contributed by atoms with E-state index in [-0.39, 0.29) is 0 Å². The zero-order valence-electron chi connectivity index (χ0n) is 12.3. The summed E-state index contributed by atoms with van der Waals surface area (Å²) in [5.74, 6) is 0. The van der Waals surface area contributed by atoms with Gasteiger partial charge in [-0.25, -0.2) is 0 Å². The molecule has 0 bridgehead atoms. The molecule has 1 nitrogen and oxygen atoms in total. The Labute approximate surface area is 116 Å². The van der Waals surface area contributed by atoms with E-state index in [2.05, 4.69) is 63.0 Å². The zero-order chi connectivity index (χ0) is 13.8. The Balaban J connectivity index is 2.11. The van der Waals surface area contributed by atoms with Crippen LogP contribution in [0.25, 0.3) is 0 Å². The summed E-state index contributed by atoms with van der Waals surface area (Å²) >= 11 is 0. The summed E-state index contributed by atoms with van der Waals surface area (Å²) in [6.07, 6.45) is 7.23. The molecule has 0 spiro atoms. The maximum atomic E-state index is 3.65. The van der Waals surface area contributed by atoms with Gasteiger partial charge in [-0.2, -0.15) is 0 Å². The fraction of sp³-hybridized carbons (Fsp3) is 0.389. The third kappa shape index (κ3) is 3.47. The molecule has 2 unspecified atom stereocenters. The topological polar surface area (TPSA) is 12.0 Å². The van der Waals surface area contributed by atoms with Crippen molar-refractivity contribution in [2.24, 2.45) is 0 Å². The van der Waals surface area contributed by atoms with Crippen LogP contribution in [0.3, 0.4) is 0 Å². The Morgan fingerprint density at radius 2 is 1.95 bits per heavy atom. The van der Waals surface area contributed by atoms with Crippen LogP contribution in [0.4, 0.5) is 0 Å². The lowest BCUT2D eigenvalue weighted by atomic mass is 9.99. The average molecular weight is 253 g/mol. The normalized spacial score (nSPS) is 16.5. The second-order valence-corrected chi connectivity index (χ2v) is 5.34. The van der Waals surface area contributed by atoms with Gasteiger partial charge in [-0.3, -0.25) is 0 Å². The van der Waals surface area contributed by atoms with Gasteiger partial charge in [0.05, 0.1) is 0 Å². The van der Waals surface area contributed by atoms with Crippen molar-refractivity contribution in [3.63, 3.8) is 0 Å². The molecule has 2 rings (SSSR count). The molecule has 0 saturated heterocycles. The summed E-state index contributed by atoms with van der Waals surface area (Å²) in [6.45, 7) is 8.80. The Morgan fingerprint density at radius 3 is 2.58 bits per heavy atom. The van der Waals surface area contributed by atoms with Gasteiger partial charge in [0.1, 0.15) is 0 Å². The number of rotatable bonds is 5. The van der Waals surface area contributed by atoms with E-state index >= 15 is 0 Å². The number of benzene rings is 1. The minimum absolute atomic E-state index is 0.329. The highest BCUT2D eigenvalue weighted by Gasteiger charge is 2.13. The van der Waals surface area contributed by atoms with E-state index in [1.54, 1.807) is 0 Å². The number of nitrogens with one attached hydrogen (secondary N) is 1. The maximum Gasteiger partial charge on any atom is 0.0370 e. The number of allylic oxidation sites excluding steroid dienone is 1. The van der Waals surface area contributed by atoms with Crippen LogP contribution in [0.1, 0.15) is 43.5 Å². The molecule has 0 fully saturated rings. The van der Waals surface area contributed by atoms with Gasteiger partial charge in [-0.15, -0.1) is 5.73 Å². The van der Waals surface area contributed by atoms with Gasteiger partial charge in [0.2, 0.25) is 0 Å². The van der Waals surface area contributed by atoms with E-state index in [1.165, 1.54) is 22.3 Å². The predicted molar refractivity (Wildman–Crippen MR) is 82.3 cm³/mol. The summed E-state index contributed by atoms with van der Waals surface area (Å²) in [7, 11) is 0. The number of aryl methyl sites for hydroxylation is 2. The van der Waals surface area contributed by atoms with Crippen molar-refractivity contribution in [2.45, 2.75) is 46.2 Å². The van der Waals surface area contributed by atoms with Crippen LogP contribution in [-0.2, 0) is 6.42 Å². The molecule has 0 radical (unpaired) electrons. The molecule has 0 amide bonds. The molecule has 1 aliphatic carbocycles. The number of hydrogen-bond acceptors (Lipinski definition) is 1. The molecule has 2 atom stereocenters. The Bertz CT molecular complexity index is 545. The van der Waals surface area contributed by atoms with Gasteiger partial charge in [-0.05, 0) is 50.5 Å². The van der Waals surface area contributed by atoms with Gasteiger partial charge in [0, 0.05) is 17.7 Å². The molecular weight excluding hydrogens is 230 g/mol. The van der Waals surface area contributed by atoms with Crippen LogP contribution < -0.4 is 5.32 Å². The summed E-state index contributed by atoms with van der Waals surface area (Å²) in [5, 5.41) is 3.65. The average Bonchev–Trinajstić information content (AvgIpc) is 2.91. The SMILES string of the molecule is CCc1cc(C)cc(C(C)NC(C)C2=C=CC=C2)c1. The molecule has 0 aromatic heterocycles. The van der Waals surface area contributed by atoms with Crippen LogP contribution in [0.5, 0.6) is 0 Å². The van der Waals surface area contributed by atoms with Crippen molar-refractivity contribution in [2.75, 3.05) is 0 Å². The lowest BCUT2D eigenvalue weighted by Gasteiger charge is -2.21. The summed E-state index contributed by atoms with van der Waals surface area (Å²) in [4.78, 5) is 0. The van der Waals surface area contributed by atoms with Crippen molar-refractivity contribution >= 4 is 0 Å². The minimum Gasteiger partial charge on any atom is -0.303 e. The molecular formula is C18H23N. The highest BCUT2D eigenvalue weighted by Crippen LogP contribution is 2.19. The van der Waals surface area contributed by atoms with Crippen molar-refractivity contribution in [1.29, 1.82) is 0 Å². The van der Waals surface area contributed by atoms with E-state index < -0.39 is 0 Å². The highest BCUT2D eigenvalue weighted by atomic mass is 14.9. The standard InChI is InChI=1S/C18H23N/c1-5-16-10-13(2)11-18(12-16)15(4)19-14(3)17-8-6-7-9-17/h6-8,10-12,14-15,19H,5H2,1-4H3. The predicted octanol–water partition coefficient (Wildman–Crippen LogP) is 4.25. The third-order valence-corrected chi connectivity index (χ3v) is 3.66. The van der Waals surface area contributed by atoms with Gasteiger partial charge >= 0.3 is 0 Å². The van der Waals surface area contributed by atoms with E-state index in [1.807, 2.05) is 12.2 Å². The van der Waals surface area contributed by atoms with Crippen molar-refractivity contribution < 1.29 is 0 Å². The highest BCUT2D eigenvalue weighted by molar-refractivity contribution is 5.34. The van der Waals surface area contributed by atoms with Crippen LogP contribution in [0, 0.1) is 6.92 Å². The smallest absolute Gasteiger partial charge is 0.0370 e. The maximum absolute atomic E-state index is 3.65. The minimum atomic E-state index is 0.329. The Hall–Kier alpha value is -1.56. The van der Waals surface area contributed by atoms with Crippen molar-refractivity contribution in [1.82, 2.24) is 5.32 Å². The van der Waals surface area contributed by atoms with Crippen LogP contribution >= 0.6 is 0 Å². The van der Waals surface area contributed by atoms with Gasteiger partial charge in [0.25, 0.3) is 0 Å². The quantitative estimate of drug-likeness (QED) is 0.774. The molecule has 0 aliphatic heterocycles. The summed E-state index contributed by atoms with van der Waals surface area (Å²) in [6, 6.07) is 7.54. The molecule has 19 heavy (non-hydrogen) atoms. The molecule has 0 heterocycles. The Morgan fingerprint density at radius 1 is 1.16 bits per heavy atom. The summed E-state index contributed by atoms with van der Waals surface area (Å²) in [5.41, 5.74) is 8.62. The Kier molecular flexibility index (Phi) is 4.42. The van der Waals surface area contributed by atoms with E-state index in [9.17, 15) is 0 Å². The molecule has 1 heteroatoms. The lowest BCUT2D eigenvalue weighted by Crippen LogP contribution is -2.29. The first-order chi connectivity index (χ1) is 9.10. The van der Waals surface area contributed by atoms with E-state index in [4.69, 9.17) is 0 Å². The fourth-order valence-electron chi connectivity index (χ4n) is 2.52. The van der Waals surface area contributed by atoms with Gasteiger partial charge in [-0.1, -0.05) is 36.8 Å². The van der Waals surface area contributed by atoms with Crippen molar-refractivity contribution in [3.05, 3.63) is 64.4 Å². The second kappa shape index (κ2) is 6.06.